The monoisotopic (exact) mass is 633 g/mol. The molecule has 0 aliphatic heterocycles. The molecule has 0 saturated carbocycles. The molecule has 0 aromatic rings. The molecule has 0 aliphatic carbocycles. The van der Waals surface area contributed by atoms with Crippen molar-refractivity contribution in [3.63, 3.8) is 0 Å². The summed E-state index contributed by atoms with van der Waals surface area (Å²) in [6.07, 6.45) is 40.4. The zero-order chi connectivity index (χ0) is 33.1. The molecule has 4 nitrogen and oxygen atoms in total. The first-order valence-electron chi connectivity index (χ1n) is 20.2. The van der Waals surface area contributed by atoms with Crippen LogP contribution >= 0.6 is 0 Å². The molecule has 0 rings (SSSR count). The summed E-state index contributed by atoms with van der Waals surface area (Å²) in [7, 11) is 0. The van der Waals surface area contributed by atoms with Crippen LogP contribution in [0.4, 0.5) is 0 Å². The lowest BCUT2D eigenvalue weighted by molar-refractivity contribution is -0.124. The van der Waals surface area contributed by atoms with E-state index in [9.17, 15) is 9.59 Å². The molecule has 1 unspecified atom stereocenters. The maximum absolute atomic E-state index is 12.3. The molecule has 0 saturated heterocycles. The van der Waals surface area contributed by atoms with Crippen LogP contribution in [0.25, 0.3) is 0 Å². The average molecular weight is 633 g/mol. The molecule has 0 radical (unpaired) electrons. The van der Waals surface area contributed by atoms with Crippen molar-refractivity contribution in [3.8, 4) is 0 Å². The Balaban J connectivity index is 3.71. The van der Waals surface area contributed by atoms with Gasteiger partial charge < -0.3 is 15.4 Å². The number of hydrogen-bond acceptors (Lipinski definition) is 3. The van der Waals surface area contributed by atoms with Crippen molar-refractivity contribution in [1.29, 1.82) is 0 Å². The zero-order valence-corrected chi connectivity index (χ0v) is 31.1. The molecule has 266 valence electrons. The first kappa shape index (κ1) is 43.7. The number of nitrogens with one attached hydrogen (secondary N) is 2. The minimum atomic E-state index is -0.340. The highest BCUT2D eigenvalue weighted by Crippen LogP contribution is 2.16. The average Bonchev–Trinajstić information content (AvgIpc) is 3.03. The van der Waals surface area contributed by atoms with Crippen LogP contribution in [0.15, 0.2) is 11.3 Å². The van der Waals surface area contributed by atoms with E-state index >= 15 is 0 Å². The molecule has 0 fully saturated rings. The molecule has 4 heteroatoms. The molecule has 0 aromatic carbocycles. The maximum atomic E-state index is 12.3. The van der Waals surface area contributed by atoms with Gasteiger partial charge in [-0.25, -0.2) is 0 Å². The third-order valence-corrected chi connectivity index (χ3v) is 9.43. The summed E-state index contributed by atoms with van der Waals surface area (Å²) in [5.74, 6) is 0.0398. The second kappa shape index (κ2) is 35.5. The van der Waals surface area contributed by atoms with Crippen molar-refractivity contribution in [1.82, 2.24) is 10.6 Å². The molecule has 0 spiro atoms. The number of unbranched alkanes of at least 4 members (excludes halogenated alkanes) is 25. The Morgan fingerprint density at radius 3 is 1.27 bits per heavy atom. The van der Waals surface area contributed by atoms with Crippen LogP contribution in [0.5, 0.6) is 0 Å². The van der Waals surface area contributed by atoms with Crippen molar-refractivity contribution in [2.24, 2.45) is 0 Å². The van der Waals surface area contributed by atoms with Gasteiger partial charge in [-0.3, -0.25) is 4.79 Å². The van der Waals surface area contributed by atoms with Crippen molar-refractivity contribution < 1.29 is 9.59 Å². The van der Waals surface area contributed by atoms with E-state index in [1.807, 2.05) is 0 Å². The number of carbonyl (C=O) groups excluding carboxylic acids is 2. The van der Waals surface area contributed by atoms with E-state index in [1.165, 1.54) is 165 Å². The van der Waals surface area contributed by atoms with Gasteiger partial charge >= 0.3 is 0 Å². The molecule has 1 amide bonds. The molecule has 0 heterocycles. The van der Waals surface area contributed by atoms with Gasteiger partial charge in [-0.2, -0.15) is 0 Å². The summed E-state index contributed by atoms with van der Waals surface area (Å²) in [4.78, 5) is 23.9. The Labute approximate surface area is 282 Å². The normalized spacial score (nSPS) is 11.8. The summed E-state index contributed by atoms with van der Waals surface area (Å²) >= 11 is 0. The number of rotatable bonds is 36. The third kappa shape index (κ3) is 32.4. The standard InChI is InChI=1S/C41H80N2O2/c1-5-7-9-11-13-15-17-19-21-23-25-27-29-34-40(38(3)4)42-36-32-31-33-39(37-44)43-41(45)35-30-28-26-24-22-20-18-16-14-12-10-8-6-2/h37,39,42H,5-36H2,1-4H3,(H,43,45). The topological polar surface area (TPSA) is 58.2 Å². The first-order valence-corrected chi connectivity index (χ1v) is 20.2. The van der Waals surface area contributed by atoms with E-state index < -0.39 is 0 Å². The highest BCUT2D eigenvalue weighted by molar-refractivity contribution is 5.79. The molecule has 0 aromatic heterocycles. The summed E-state index contributed by atoms with van der Waals surface area (Å²) < 4.78 is 0. The van der Waals surface area contributed by atoms with Crippen LogP contribution in [-0.2, 0) is 9.59 Å². The van der Waals surface area contributed by atoms with Crippen molar-refractivity contribution >= 4 is 12.2 Å². The highest BCUT2D eigenvalue weighted by atomic mass is 16.2. The fourth-order valence-electron chi connectivity index (χ4n) is 6.32. The van der Waals surface area contributed by atoms with E-state index in [0.717, 1.165) is 51.4 Å². The largest absolute Gasteiger partial charge is 0.388 e. The predicted molar refractivity (Wildman–Crippen MR) is 199 cm³/mol. The Bertz CT molecular complexity index is 670. The fraction of sp³-hybridized carbons (Fsp3) is 0.902. The van der Waals surface area contributed by atoms with Gasteiger partial charge in [-0.05, 0) is 52.4 Å². The minimum Gasteiger partial charge on any atom is -0.388 e. The zero-order valence-electron chi connectivity index (χ0n) is 31.1. The van der Waals surface area contributed by atoms with Crippen LogP contribution < -0.4 is 10.6 Å². The van der Waals surface area contributed by atoms with Gasteiger partial charge in [0.05, 0.1) is 6.04 Å². The van der Waals surface area contributed by atoms with Crippen LogP contribution in [0.1, 0.15) is 227 Å². The van der Waals surface area contributed by atoms with E-state index in [1.54, 1.807) is 0 Å². The number of allylic oxidation sites excluding steroid dienone is 2. The van der Waals surface area contributed by atoms with Crippen molar-refractivity contribution in [2.75, 3.05) is 6.54 Å². The Morgan fingerprint density at radius 2 is 0.889 bits per heavy atom. The highest BCUT2D eigenvalue weighted by Gasteiger charge is 2.11. The first-order chi connectivity index (χ1) is 22.0. The lowest BCUT2D eigenvalue weighted by Gasteiger charge is -2.15. The second-order valence-corrected chi connectivity index (χ2v) is 14.2. The lowest BCUT2D eigenvalue weighted by atomic mass is 10.0. The Hall–Kier alpha value is -1.32. The van der Waals surface area contributed by atoms with Gasteiger partial charge in [-0.15, -0.1) is 0 Å². The minimum absolute atomic E-state index is 0.0398. The van der Waals surface area contributed by atoms with Gasteiger partial charge in [0.15, 0.2) is 0 Å². The van der Waals surface area contributed by atoms with E-state index in [2.05, 4.69) is 38.3 Å². The Morgan fingerprint density at radius 1 is 0.511 bits per heavy atom. The van der Waals surface area contributed by atoms with Gasteiger partial charge in [0.2, 0.25) is 5.91 Å². The fourth-order valence-corrected chi connectivity index (χ4v) is 6.32. The van der Waals surface area contributed by atoms with Crippen molar-refractivity contribution in [2.45, 2.75) is 233 Å². The number of hydrogen-bond donors (Lipinski definition) is 2. The van der Waals surface area contributed by atoms with Crippen LogP contribution in [0, 0.1) is 0 Å². The molecular formula is C41H80N2O2. The van der Waals surface area contributed by atoms with E-state index in [-0.39, 0.29) is 11.9 Å². The number of carbonyl (C=O) groups is 2. The number of aldehydes is 1. The quantitative estimate of drug-likeness (QED) is 0.0533. The summed E-state index contributed by atoms with van der Waals surface area (Å²) in [5, 5.41) is 6.63. The van der Waals surface area contributed by atoms with Crippen LogP contribution in [0.2, 0.25) is 0 Å². The molecule has 1 atom stereocenters. The third-order valence-electron chi connectivity index (χ3n) is 9.43. The number of amides is 1. The second-order valence-electron chi connectivity index (χ2n) is 14.2. The summed E-state index contributed by atoms with van der Waals surface area (Å²) in [6, 6.07) is -0.340. The van der Waals surface area contributed by atoms with Gasteiger partial charge in [0, 0.05) is 18.7 Å². The summed E-state index contributed by atoms with van der Waals surface area (Å²) in [5.41, 5.74) is 2.79. The summed E-state index contributed by atoms with van der Waals surface area (Å²) in [6.45, 7) is 9.92. The van der Waals surface area contributed by atoms with E-state index in [4.69, 9.17) is 0 Å². The van der Waals surface area contributed by atoms with Crippen LogP contribution in [0.3, 0.4) is 0 Å². The lowest BCUT2D eigenvalue weighted by Crippen LogP contribution is -2.35. The smallest absolute Gasteiger partial charge is 0.220 e. The molecule has 2 N–H and O–H groups in total. The molecular weight excluding hydrogens is 552 g/mol. The van der Waals surface area contributed by atoms with Gasteiger partial charge in [-0.1, -0.05) is 174 Å². The molecule has 0 aliphatic rings. The SMILES string of the molecule is CCCCCCCCCCCCCCCC(=O)NC(C=O)CCCCNC(CCCCCCCCCCCCCCC)=C(C)C. The van der Waals surface area contributed by atoms with Gasteiger partial charge in [0.1, 0.15) is 6.29 Å². The predicted octanol–water partition coefficient (Wildman–Crippen LogP) is 12.7. The van der Waals surface area contributed by atoms with Gasteiger partial charge in [0.25, 0.3) is 0 Å². The maximum Gasteiger partial charge on any atom is 0.220 e. The van der Waals surface area contributed by atoms with E-state index in [0.29, 0.717) is 6.42 Å². The van der Waals surface area contributed by atoms with Crippen LogP contribution in [-0.4, -0.2) is 24.8 Å². The molecule has 0 bridgehead atoms. The van der Waals surface area contributed by atoms with Crippen molar-refractivity contribution in [3.05, 3.63) is 11.3 Å². The molecule has 45 heavy (non-hydrogen) atoms. The Kier molecular flexibility index (Phi) is 34.5.